The number of rotatable bonds is 4. The average Bonchev–Trinajstić information content (AvgIpc) is 2.24. The van der Waals surface area contributed by atoms with Crippen molar-refractivity contribution >= 4 is 29.6 Å². The Morgan fingerprint density at radius 3 is 2.14 bits per heavy atom. The third kappa shape index (κ3) is 3.83. The second kappa shape index (κ2) is 5.43. The van der Waals surface area contributed by atoms with E-state index >= 15 is 0 Å². The largest absolute Gasteiger partial charge is 0.478 e. The van der Waals surface area contributed by atoms with Crippen molar-refractivity contribution in [1.82, 2.24) is 0 Å². The van der Waals surface area contributed by atoms with E-state index in [0.29, 0.717) is 5.19 Å². The summed E-state index contributed by atoms with van der Waals surface area (Å²) in [5, 5.41) is 9.58. The lowest BCUT2D eigenvalue weighted by Crippen LogP contribution is -2.50. The molecule has 8 heteroatoms. The molecular weight excluding hydrogens is 312 g/mol. The number of benzene rings is 1. The van der Waals surface area contributed by atoms with Crippen LogP contribution in [0.1, 0.15) is 31.1 Å². The summed E-state index contributed by atoms with van der Waals surface area (Å²) in [5.74, 6) is -1.60. The predicted octanol–water partition coefficient (Wildman–Crippen LogP) is 2.28. The third-order valence-corrected chi connectivity index (χ3v) is 9.85. The molecule has 0 amide bonds. The maximum Gasteiger partial charge on any atom is 0.446 e. The highest BCUT2D eigenvalue weighted by molar-refractivity contribution is 7.81. The summed E-state index contributed by atoms with van der Waals surface area (Å²) in [6.07, 6.45) is 0. The van der Waals surface area contributed by atoms with Crippen LogP contribution in [0.2, 0.25) is 18.1 Å². The molecular formula is C13H20O6SSi. The molecule has 1 aromatic rings. The lowest BCUT2D eigenvalue weighted by atomic mass is 10.2. The van der Waals surface area contributed by atoms with Gasteiger partial charge in [-0.15, -0.1) is 0 Å². The van der Waals surface area contributed by atoms with Crippen LogP contribution in [0.5, 0.6) is 5.75 Å². The Bertz CT molecular complexity index is 658. The third-order valence-electron chi connectivity index (χ3n) is 3.98. The smallest absolute Gasteiger partial charge is 0.446 e. The van der Waals surface area contributed by atoms with E-state index in [-0.39, 0.29) is 16.4 Å². The Morgan fingerprint density at radius 2 is 1.76 bits per heavy atom. The minimum absolute atomic E-state index is 0.165. The first-order chi connectivity index (χ1) is 9.27. The molecule has 0 aliphatic carbocycles. The molecule has 0 saturated heterocycles. The van der Waals surface area contributed by atoms with Crippen LogP contribution in [0.25, 0.3) is 0 Å². The van der Waals surface area contributed by atoms with Crippen molar-refractivity contribution in [2.24, 2.45) is 0 Å². The number of aromatic carboxylic acids is 1. The summed E-state index contributed by atoms with van der Waals surface area (Å²) in [5.41, 5.74) is -0.282. The monoisotopic (exact) mass is 332 g/mol. The topological polar surface area (TPSA) is 101 Å². The summed E-state index contributed by atoms with van der Waals surface area (Å²) in [4.78, 5) is 11.3. The van der Waals surface area contributed by atoms with Crippen LogP contribution in [0.4, 0.5) is 0 Å². The first kappa shape index (κ1) is 17.7. The normalized spacial score (nSPS) is 13.0. The van der Waals surface area contributed by atoms with Crippen molar-refractivity contribution in [3.8, 4) is 5.75 Å². The van der Waals surface area contributed by atoms with Crippen molar-refractivity contribution in [3.05, 3.63) is 23.8 Å². The van der Waals surface area contributed by atoms with Gasteiger partial charge in [0.15, 0.2) is 5.75 Å². The molecule has 118 valence electrons. The Labute approximate surface area is 125 Å². The number of carboxylic acids is 1. The maximum absolute atomic E-state index is 11.3. The van der Waals surface area contributed by atoms with E-state index in [9.17, 15) is 18.3 Å². The van der Waals surface area contributed by atoms with Crippen molar-refractivity contribution in [3.63, 3.8) is 0 Å². The van der Waals surface area contributed by atoms with Crippen LogP contribution in [-0.4, -0.2) is 32.1 Å². The summed E-state index contributed by atoms with van der Waals surface area (Å²) in [7, 11) is -7.07. The molecule has 21 heavy (non-hydrogen) atoms. The van der Waals surface area contributed by atoms with E-state index in [1.54, 1.807) is 12.1 Å². The molecule has 6 nitrogen and oxygen atoms in total. The van der Waals surface area contributed by atoms with Crippen LogP contribution in [0, 0.1) is 0 Å². The van der Waals surface area contributed by atoms with Crippen molar-refractivity contribution in [1.29, 1.82) is 0 Å². The van der Waals surface area contributed by atoms with E-state index in [0.717, 1.165) is 0 Å². The quantitative estimate of drug-likeness (QED) is 0.648. The molecule has 0 spiro atoms. The number of carboxylic acid groups (broad SMARTS) is 1. The molecule has 0 aliphatic heterocycles. The van der Waals surface area contributed by atoms with Gasteiger partial charge in [-0.3, -0.25) is 4.55 Å². The van der Waals surface area contributed by atoms with Gasteiger partial charge in [0.1, 0.15) is 5.56 Å². The minimum atomic E-state index is -4.80. The fourth-order valence-electron chi connectivity index (χ4n) is 1.80. The minimum Gasteiger partial charge on any atom is -0.478 e. The maximum atomic E-state index is 11.3. The van der Waals surface area contributed by atoms with Gasteiger partial charge in [0, 0.05) is 0 Å². The molecule has 2 N–H and O–H groups in total. The summed E-state index contributed by atoms with van der Waals surface area (Å²) in [6.45, 7) is 9.99. The Kier molecular flexibility index (Phi) is 4.57. The zero-order chi connectivity index (χ0) is 16.6. The van der Waals surface area contributed by atoms with Gasteiger partial charge < -0.3 is 9.29 Å². The Hall–Kier alpha value is -1.38. The molecule has 0 atom stereocenters. The molecule has 1 aromatic carbocycles. The predicted molar refractivity (Wildman–Crippen MR) is 82.4 cm³/mol. The van der Waals surface area contributed by atoms with E-state index in [4.69, 9.17) is 4.55 Å². The highest BCUT2D eigenvalue weighted by Crippen LogP contribution is 2.38. The van der Waals surface area contributed by atoms with E-state index in [1.807, 2.05) is 33.9 Å². The zero-order valence-corrected chi connectivity index (χ0v) is 14.5. The molecule has 0 unspecified atom stereocenters. The van der Waals surface area contributed by atoms with Gasteiger partial charge >= 0.3 is 16.4 Å². The first-order valence-corrected chi connectivity index (χ1v) is 10.7. The average molecular weight is 332 g/mol. The highest BCUT2D eigenvalue weighted by Gasteiger charge is 2.40. The standard InChI is InChI=1S/C13H20O6SSi/c1-13(2,3)21(4,5)10-8-6-7-9(12(14)15)11(10)19-20(16,17)18/h6-8H,1-5H3,(H,14,15)(H,16,17,18). The van der Waals surface area contributed by atoms with Gasteiger partial charge in [0.2, 0.25) is 0 Å². The molecule has 0 radical (unpaired) electrons. The molecule has 0 aliphatic rings. The van der Waals surface area contributed by atoms with Crippen LogP contribution in [0.3, 0.4) is 0 Å². The van der Waals surface area contributed by atoms with Gasteiger partial charge in [-0.05, 0) is 16.3 Å². The first-order valence-electron chi connectivity index (χ1n) is 6.31. The fraction of sp³-hybridized carbons (Fsp3) is 0.462. The lowest BCUT2D eigenvalue weighted by molar-refractivity contribution is 0.0695. The summed E-state index contributed by atoms with van der Waals surface area (Å²) in [6, 6.07) is 4.46. The van der Waals surface area contributed by atoms with Crippen molar-refractivity contribution < 1.29 is 27.1 Å². The second-order valence-corrected chi connectivity index (χ2v) is 12.7. The summed E-state index contributed by atoms with van der Waals surface area (Å²) < 4.78 is 35.7. The fourth-order valence-corrected chi connectivity index (χ4v) is 4.34. The number of carbonyl (C=O) groups is 1. The van der Waals surface area contributed by atoms with Crippen LogP contribution in [0.15, 0.2) is 18.2 Å². The lowest BCUT2D eigenvalue weighted by Gasteiger charge is -2.38. The van der Waals surface area contributed by atoms with E-state index in [2.05, 4.69) is 4.18 Å². The Balaban J connectivity index is 3.67. The number of hydrogen-bond donors (Lipinski definition) is 2. The van der Waals surface area contributed by atoms with Crippen LogP contribution in [-0.2, 0) is 10.4 Å². The zero-order valence-electron chi connectivity index (χ0n) is 12.7. The molecule has 0 fully saturated rings. The SMILES string of the molecule is CC(C)(C)[Si](C)(C)c1cccc(C(=O)O)c1OS(=O)(=O)O. The molecule has 0 saturated carbocycles. The van der Waals surface area contributed by atoms with Gasteiger partial charge in [0.05, 0.1) is 8.07 Å². The van der Waals surface area contributed by atoms with E-state index < -0.39 is 24.4 Å². The van der Waals surface area contributed by atoms with Crippen molar-refractivity contribution in [2.45, 2.75) is 38.9 Å². The van der Waals surface area contributed by atoms with Crippen molar-refractivity contribution in [2.75, 3.05) is 0 Å². The van der Waals surface area contributed by atoms with Gasteiger partial charge in [-0.2, -0.15) is 8.42 Å². The Morgan fingerprint density at radius 1 is 1.24 bits per heavy atom. The van der Waals surface area contributed by atoms with Crippen LogP contribution < -0.4 is 9.37 Å². The molecule has 0 aromatic heterocycles. The van der Waals surface area contributed by atoms with Gasteiger partial charge in [0.25, 0.3) is 0 Å². The van der Waals surface area contributed by atoms with Gasteiger partial charge in [-0.1, -0.05) is 46.0 Å². The molecule has 1 rings (SSSR count). The second-order valence-electron chi connectivity index (χ2n) is 6.37. The number of para-hydroxylation sites is 1. The number of hydrogen-bond acceptors (Lipinski definition) is 4. The molecule has 0 heterocycles. The van der Waals surface area contributed by atoms with Gasteiger partial charge in [-0.25, -0.2) is 4.79 Å². The molecule has 0 bridgehead atoms. The summed E-state index contributed by atoms with van der Waals surface area (Å²) >= 11 is 0. The highest BCUT2D eigenvalue weighted by atomic mass is 32.3. The van der Waals surface area contributed by atoms with Crippen LogP contribution >= 0.6 is 0 Å². The van der Waals surface area contributed by atoms with E-state index in [1.165, 1.54) is 6.07 Å².